The predicted octanol–water partition coefficient (Wildman–Crippen LogP) is 3.04. The molecular weight excluding hydrogens is 226 g/mol. The zero-order chi connectivity index (χ0) is 12.8. The van der Waals surface area contributed by atoms with E-state index < -0.39 is 0 Å². The Morgan fingerprint density at radius 3 is 3.00 bits per heavy atom. The molecule has 1 heterocycles. The first-order valence-electron chi connectivity index (χ1n) is 6.90. The lowest BCUT2D eigenvalue weighted by molar-refractivity contribution is 0.0980. The van der Waals surface area contributed by atoms with Gasteiger partial charge in [-0.05, 0) is 31.7 Å². The van der Waals surface area contributed by atoms with Crippen LogP contribution in [0, 0.1) is 0 Å². The van der Waals surface area contributed by atoms with Crippen molar-refractivity contribution in [1.82, 2.24) is 0 Å². The van der Waals surface area contributed by atoms with Crippen LogP contribution in [0.15, 0.2) is 24.3 Å². The van der Waals surface area contributed by atoms with Crippen LogP contribution in [0.4, 0.5) is 0 Å². The van der Waals surface area contributed by atoms with Gasteiger partial charge in [-0.15, -0.1) is 0 Å². The standard InChI is InChI=1S/C15H23NO2/c1-2-9-18-15-8-4-3-7-13(15)14(16)11-12-6-5-10-17-12/h3-4,7-8,12,14H,2,5-6,9-11,16H2,1H3. The number of benzene rings is 1. The quantitative estimate of drug-likeness (QED) is 0.842. The molecule has 100 valence electrons. The third-order valence-electron chi connectivity index (χ3n) is 3.32. The fourth-order valence-corrected chi connectivity index (χ4v) is 2.37. The molecule has 2 atom stereocenters. The summed E-state index contributed by atoms with van der Waals surface area (Å²) >= 11 is 0. The van der Waals surface area contributed by atoms with Crippen LogP contribution in [0.25, 0.3) is 0 Å². The zero-order valence-electron chi connectivity index (χ0n) is 11.1. The Balaban J connectivity index is 2.00. The van der Waals surface area contributed by atoms with Crippen molar-refractivity contribution in [3.8, 4) is 5.75 Å². The van der Waals surface area contributed by atoms with Crippen LogP contribution in [0.2, 0.25) is 0 Å². The highest BCUT2D eigenvalue weighted by atomic mass is 16.5. The summed E-state index contributed by atoms with van der Waals surface area (Å²) < 4.78 is 11.4. The van der Waals surface area contributed by atoms with Gasteiger partial charge in [0.2, 0.25) is 0 Å². The van der Waals surface area contributed by atoms with Gasteiger partial charge in [0, 0.05) is 18.2 Å². The number of hydrogen-bond acceptors (Lipinski definition) is 3. The fourth-order valence-electron chi connectivity index (χ4n) is 2.37. The Kier molecular flexibility index (Phi) is 5.02. The summed E-state index contributed by atoms with van der Waals surface area (Å²) in [5, 5.41) is 0. The molecule has 2 N–H and O–H groups in total. The molecule has 3 heteroatoms. The molecule has 2 rings (SSSR count). The van der Waals surface area contributed by atoms with E-state index in [0.29, 0.717) is 6.10 Å². The van der Waals surface area contributed by atoms with Crippen LogP contribution in [0.1, 0.15) is 44.2 Å². The van der Waals surface area contributed by atoms with Crippen LogP contribution < -0.4 is 10.5 Å². The molecule has 0 bridgehead atoms. The van der Waals surface area contributed by atoms with Crippen molar-refractivity contribution >= 4 is 0 Å². The summed E-state index contributed by atoms with van der Waals surface area (Å²) in [5.41, 5.74) is 7.39. The van der Waals surface area contributed by atoms with E-state index in [4.69, 9.17) is 15.2 Å². The number of hydrogen-bond donors (Lipinski definition) is 1. The third-order valence-corrected chi connectivity index (χ3v) is 3.32. The second-order valence-electron chi connectivity index (χ2n) is 4.86. The topological polar surface area (TPSA) is 44.5 Å². The molecule has 1 aromatic rings. The van der Waals surface area contributed by atoms with Gasteiger partial charge in [0.05, 0.1) is 12.7 Å². The Morgan fingerprint density at radius 2 is 2.28 bits per heavy atom. The van der Waals surface area contributed by atoms with Crippen molar-refractivity contribution < 1.29 is 9.47 Å². The van der Waals surface area contributed by atoms with E-state index in [-0.39, 0.29) is 6.04 Å². The van der Waals surface area contributed by atoms with Crippen LogP contribution >= 0.6 is 0 Å². The monoisotopic (exact) mass is 249 g/mol. The van der Waals surface area contributed by atoms with Gasteiger partial charge in [-0.2, -0.15) is 0 Å². The number of rotatable bonds is 6. The molecule has 3 nitrogen and oxygen atoms in total. The summed E-state index contributed by atoms with van der Waals surface area (Å²) in [6.45, 7) is 3.73. The number of ether oxygens (including phenoxy) is 2. The molecule has 1 aliphatic heterocycles. The molecule has 2 unspecified atom stereocenters. The average Bonchev–Trinajstić information content (AvgIpc) is 2.89. The van der Waals surface area contributed by atoms with Crippen LogP contribution in [0.3, 0.4) is 0 Å². The van der Waals surface area contributed by atoms with Gasteiger partial charge >= 0.3 is 0 Å². The first-order chi connectivity index (χ1) is 8.81. The van der Waals surface area contributed by atoms with Crippen LogP contribution in [-0.2, 0) is 4.74 Å². The molecule has 0 amide bonds. The Bertz CT molecular complexity index is 361. The van der Waals surface area contributed by atoms with Crippen LogP contribution in [-0.4, -0.2) is 19.3 Å². The minimum atomic E-state index is 0.00107. The van der Waals surface area contributed by atoms with Gasteiger partial charge < -0.3 is 15.2 Å². The first kappa shape index (κ1) is 13.4. The summed E-state index contributed by atoms with van der Waals surface area (Å²) in [7, 11) is 0. The van der Waals surface area contributed by atoms with Crippen LogP contribution in [0.5, 0.6) is 5.75 Å². The highest BCUT2D eigenvalue weighted by molar-refractivity contribution is 5.35. The summed E-state index contributed by atoms with van der Waals surface area (Å²) in [6.07, 6.45) is 4.50. The average molecular weight is 249 g/mol. The summed E-state index contributed by atoms with van der Waals surface area (Å²) in [4.78, 5) is 0. The van der Waals surface area contributed by atoms with Gasteiger partial charge in [-0.25, -0.2) is 0 Å². The van der Waals surface area contributed by atoms with E-state index in [2.05, 4.69) is 13.0 Å². The van der Waals surface area contributed by atoms with Gasteiger partial charge in [0.1, 0.15) is 5.75 Å². The molecule has 0 radical (unpaired) electrons. The summed E-state index contributed by atoms with van der Waals surface area (Å²) in [6, 6.07) is 8.07. The molecule has 0 aliphatic carbocycles. The Labute approximate surface area is 109 Å². The van der Waals surface area contributed by atoms with Gasteiger partial charge in [0.15, 0.2) is 0 Å². The maximum Gasteiger partial charge on any atom is 0.124 e. The van der Waals surface area contributed by atoms with E-state index in [0.717, 1.165) is 50.2 Å². The lowest BCUT2D eigenvalue weighted by Crippen LogP contribution is -2.19. The van der Waals surface area contributed by atoms with E-state index in [1.165, 1.54) is 0 Å². The van der Waals surface area contributed by atoms with Crippen molar-refractivity contribution in [2.45, 2.75) is 44.8 Å². The highest BCUT2D eigenvalue weighted by Gasteiger charge is 2.21. The van der Waals surface area contributed by atoms with E-state index in [9.17, 15) is 0 Å². The Morgan fingerprint density at radius 1 is 1.44 bits per heavy atom. The van der Waals surface area contributed by atoms with Crippen molar-refractivity contribution in [1.29, 1.82) is 0 Å². The molecule has 18 heavy (non-hydrogen) atoms. The normalized spacial score (nSPS) is 20.9. The second-order valence-corrected chi connectivity index (χ2v) is 4.86. The number of nitrogens with two attached hydrogens (primary N) is 1. The highest BCUT2D eigenvalue weighted by Crippen LogP contribution is 2.29. The van der Waals surface area contributed by atoms with Gasteiger partial charge in [-0.1, -0.05) is 25.1 Å². The third kappa shape index (κ3) is 3.47. The number of para-hydroxylation sites is 1. The predicted molar refractivity (Wildman–Crippen MR) is 72.7 cm³/mol. The molecule has 1 aliphatic rings. The maximum atomic E-state index is 6.29. The molecule has 1 aromatic carbocycles. The minimum Gasteiger partial charge on any atom is -0.493 e. The van der Waals surface area contributed by atoms with Gasteiger partial charge in [0.25, 0.3) is 0 Å². The molecule has 0 spiro atoms. The lowest BCUT2D eigenvalue weighted by atomic mass is 9.99. The van der Waals surface area contributed by atoms with E-state index in [1.54, 1.807) is 0 Å². The van der Waals surface area contributed by atoms with E-state index >= 15 is 0 Å². The van der Waals surface area contributed by atoms with Crippen molar-refractivity contribution in [2.75, 3.05) is 13.2 Å². The molecule has 1 saturated heterocycles. The lowest BCUT2D eigenvalue weighted by Gasteiger charge is -2.19. The fraction of sp³-hybridized carbons (Fsp3) is 0.600. The first-order valence-corrected chi connectivity index (χ1v) is 6.90. The second kappa shape index (κ2) is 6.76. The van der Waals surface area contributed by atoms with Gasteiger partial charge in [-0.3, -0.25) is 0 Å². The smallest absolute Gasteiger partial charge is 0.124 e. The summed E-state index contributed by atoms with van der Waals surface area (Å²) in [5.74, 6) is 0.921. The largest absolute Gasteiger partial charge is 0.493 e. The minimum absolute atomic E-state index is 0.00107. The maximum absolute atomic E-state index is 6.29. The SMILES string of the molecule is CCCOc1ccccc1C(N)CC1CCCO1. The molecule has 0 aromatic heterocycles. The zero-order valence-corrected chi connectivity index (χ0v) is 11.1. The van der Waals surface area contributed by atoms with Crippen molar-refractivity contribution in [2.24, 2.45) is 5.73 Å². The van der Waals surface area contributed by atoms with Crippen molar-refractivity contribution in [3.05, 3.63) is 29.8 Å². The Hall–Kier alpha value is -1.06. The molecule has 0 saturated carbocycles. The molecular formula is C15H23NO2. The molecule has 1 fully saturated rings. The van der Waals surface area contributed by atoms with Crippen molar-refractivity contribution in [3.63, 3.8) is 0 Å². The van der Waals surface area contributed by atoms with E-state index in [1.807, 2.05) is 18.2 Å².